The molecule has 1 heterocycles. The van der Waals surface area contributed by atoms with Gasteiger partial charge in [0.05, 0.1) is 11.7 Å². The van der Waals surface area contributed by atoms with E-state index in [1.54, 1.807) is 0 Å². The molecule has 1 saturated heterocycles. The number of hydrogen-bond acceptors (Lipinski definition) is 3. The van der Waals surface area contributed by atoms with E-state index < -0.39 is 0 Å². The fourth-order valence-electron chi connectivity index (χ4n) is 3.35. The van der Waals surface area contributed by atoms with Crippen LogP contribution in [0.1, 0.15) is 47.5 Å². The van der Waals surface area contributed by atoms with E-state index in [-0.39, 0.29) is 23.1 Å². The summed E-state index contributed by atoms with van der Waals surface area (Å²) in [6.45, 7) is 10.1. The highest BCUT2D eigenvalue weighted by Gasteiger charge is 2.63. The molecular formula is C15H24O3. The first-order valence-corrected chi connectivity index (χ1v) is 6.79. The van der Waals surface area contributed by atoms with Crippen molar-refractivity contribution in [2.75, 3.05) is 0 Å². The predicted molar refractivity (Wildman–Crippen MR) is 70.2 cm³/mol. The van der Waals surface area contributed by atoms with Gasteiger partial charge in [0.15, 0.2) is 0 Å². The third-order valence-electron chi connectivity index (χ3n) is 4.42. The van der Waals surface area contributed by atoms with E-state index in [1.807, 2.05) is 13.0 Å². The van der Waals surface area contributed by atoms with E-state index >= 15 is 0 Å². The van der Waals surface area contributed by atoms with Crippen molar-refractivity contribution in [1.82, 2.24) is 0 Å². The molecule has 0 unspecified atom stereocenters. The average molecular weight is 252 g/mol. The lowest BCUT2D eigenvalue weighted by molar-refractivity contribution is -0.143. The second-order valence-corrected chi connectivity index (χ2v) is 6.49. The fraction of sp³-hybridized carbons (Fsp3) is 0.800. The van der Waals surface area contributed by atoms with Gasteiger partial charge in [0.1, 0.15) is 6.10 Å². The maximum absolute atomic E-state index is 10.9. The number of esters is 1. The van der Waals surface area contributed by atoms with Crippen LogP contribution in [-0.2, 0) is 14.3 Å². The smallest absolute Gasteiger partial charge is 0.303 e. The molecular weight excluding hydrogens is 228 g/mol. The number of rotatable bonds is 3. The van der Waals surface area contributed by atoms with Gasteiger partial charge in [0.2, 0.25) is 0 Å². The van der Waals surface area contributed by atoms with Crippen LogP contribution in [0.15, 0.2) is 12.2 Å². The van der Waals surface area contributed by atoms with Crippen molar-refractivity contribution < 1.29 is 14.3 Å². The summed E-state index contributed by atoms with van der Waals surface area (Å²) in [6, 6.07) is 0. The number of carbonyl (C=O) groups is 1. The van der Waals surface area contributed by atoms with Crippen molar-refractivity contribution >= 4 is 5.97 Å². The Labute approximate surface area is 110 Å². The van der Waals surface area contributed by atoms with Crippen molar-refractivity contribution in [3.63, 3.8) is 0 Å². The van der Waals surface area contributed by atoms with E-state index in [4.69, 9.17) is 9.47 Å². The molecule has 0 N–H and O–H groups in total. The third kappa shape index (κ3) is 2.46. The Morgan fingerprint density at radius 3 is 2.72 bits per heavy atom. The van der Waals surface area contributed by atoms with Crippen LogP contribution in [0.5, 0.6) is 0 Å². The van der Waals surface area contributed by atoms with Gasteiger partial charge in [-0.2, -0.15) is 0 Å². The van der Waals surface area contributed by atoms with Crippen molar-refractivity contribution in [2.45, 2.75) is 65.3 Å². The quantitative estimate of drug-likeness (QED) is 0.440. The summed E-state index contributed by atoms with van der Waals surface area (Å²) in [5.41, 5.74) is 0.238. The van der Waals surface area contributed by atoms with Gasteiger partial charge < -0.3 is 9.47 Å². The molecule has 3 heteroatoms. The van der Waals surface area contributed by atoms with Gasteiger partial charge in [-0.25, -0.2) is 0 Å². The highest BCUT2D eigenvalue weighted by molar-refractivity contribution is 5.66. The second-order valence-electron chi connectivity index (χ2n) is 6.49. The molecule has 0 radical (unpaired) electrons. The molecule has 1 saturated carbocycles. The SMILES string of the molecule is CC(=O)O[C@H](C)C=C[C@@H]1C(C)(C)CC[C@@H]2O[C@@]21C. The topological polar surface area (TPSA) is 38.8 Å². The van der Waals surface area contributed by atoms with E-state index in [2.05, 4.69) is 26.8 Å². The Morgan fingerprint density at radius 1 is 1.44 bits per heavy atom. The normalized spacial score (nSPS) is 39.2. The lowest BCUT2D eigenvalue weighted by Gasteiger charge is -2.38. The number of ether oxygens (including phenoxy) is 2. The van der Waals surface area contributed by atoms with Gasteiger partial charge in [0, 0.05) is 12.8 Å². The van der Waals surface area contributed by atoms with Crippen LogP contribution >= 0.6 is 0 Å². The van der Waals surface area contributed by atoms with Crippen LogP contribution in [0.3, 0.4) is 0 Å². The third-order valence-corrected chi connectivity index (χ3v) is 4.42. The second kappa shape index (κ2) is 4.37. The molecule has 0 spiro atoms. The molecule has 0 aromatic carbocycles. The first kappa shape index (κ1) is 13.6. The molecule has 0 aromatic heterocycles. The van der Waals surface area contributed by atoms with Gasteiger partial charge in [-0.05, 0) is 38.2 Å². The van der Waals surface area contributed by atoms with Crippen molar-refractivity contribution in [1.29, 1.82) is 0 Å². The van der Waals surface area contributed by atoms with Crippen LogP contribution < -0.4 is 0 Å². The molecule has 2 aliphatic rings. The van der Waals surface area contributed by atoms with E-state index in [0.717, 1.165) is 6.42 Å². The summed E-state index contributed by atoms with van der Waals surface area (Å²) in [7, 11) is 0. The molecule has 2 rings (SSSR count). The minimum absolute atomic E-state index is 0.00576. The minimum Gasteiger partial charge on any atom is -0.459 e. The van der Waals surface area contributed by atoms with Crippen LogP contribution in [0, 0.1) is 11.3 Å². The molecule has 2 fully saturated rings. The molecule has 0 amide bonds. The molecule has 18 heavy (non-hydrogen) atoms. The van der Waals surface area contributed by atoms with Crippen molar-refractivity contribution in [2.24, 2.45) is 11.3 Å². The lowest BCUT2D eigenvalue weighted by Crippen LogP contribution is -2.39. The van der Waals surface area contributed by atoms with E-state index in [9.17, 15) is 4.79 Å². The maximum atomic E-state index is 10.9. The molecule has 1 aliphatic heterocycles. The first-order valence-electron chi connectivity index (χ1n) is 6.79. The minimum atomic E-state index is -0.234. The number of carbonyl (C=O) groups excluding carboxylic acids is 1. The highest BCUT2D eigenvalue weighted by Crippen LogP contribution is 2.58. The van der Waals surface area contributed by atoms with Crippen LogP contribution in [-0.4, -0.2) is 23.8 Å². The number of epoxide rings is 1. The van der Waals surface area contributed by atoms with Gasteiger partial charge >= 0.3 is 5.97 Å². The van der Waals surface area contributed by atoms with Crippen LogP contribution in [0.4, 0.5) is 0 Å². The number of hydrogen-bond donors (Lipinski definition) is 0. The Morgan fingerprint density at radius 2 is 2.11 bits per heavy atom. The van der Waals surface area contributed by atoms with Gasteiger partial charge in [0.25, 0.3) is 0 Å². The summed E-state index contributed by atoms with van der Waals surface area (Å²) >= 11 is 0. The summed E-state index contributed by atoms with van der Waals surface area (Å²) in [4.78, 5) is 10.9. The molecule has 3 nitrogen and oxygen atoms in total. The zero-order valence-electron chi connectivity index (χ0n) is 12.0. The summed E-state index contributed by atoms with van der Waals surface area (Å²) in [6.07, 6.45) is 6.78. The molecule has 102 valence electrons. The summed E-state index contributed by atoms with van der Waals surface area (Å²) < 4.78 is 11.0. The highest BCUT2D eigenvalue weighted by atomic mass is 16.6. The summed E-state index contributed by atoms with van der Waals surface area (Å²) in [5, 5.41) is 0. The Balaban J connectivity index is 2.06. The van der Waals surface area contributed by atoms with E-state index in [0.29, 0.717) is 12.0 Å². The fourth-order valence-corrected chi connectivity index (χ4v) is 3.35. The Kier molecular flexibility index (Phi) is 3.30. The van der Waals surface area contributed by atoms with Crippen molar-refractivity contribution in [3.8, 4) is 0 Å². The zero-order chi connectivity index (χ0) is 13.6. The van der Waals surface area contributed by atoms with Gasteiger partial charge in [-0.3, -0.25) is 4.79 Å². The van der Waals surface area contributed by atoms with Gasteiger partial charge in [-0.15, -0.1) is 0 Å². The predicted octanol–water partition coefficient (Wildman–Crippen LogP) is 3.09. The summed E-state index contributed by atoms with van der Waals surface area (Å²) in [5.74, 6) is 0.156. The Bertz CT molecular complexity index is 367. The average Bonchev–Trinajstić information content (AvgIpc) is 2.86. The molecule has 4 atom stereocenters. The van der Waals surface area contributed by atoms with Crippen molar-refractivity contribution in [3.05, 3.63) is 12.2 Å². The molecule has 1 aliphatic carbocycles. The maximum Gasteiger partial charge on any atom is 0.303 e. The Hall–Kier alpha value is -0.830. The lowest BCUT2D eigenvalue weighted by atomic mass is 9.64. The van der Waals surface area contributed by atoms with E-state index in [1.165, 1.54) is 13.3 Å². The molecule has 0 bridgehead atoms. The first-order chi connectivity index (χ1) is 8.25. The van der Waals surface area contributed by atoms with Gasteiger partial charge in [-0.1, -0.05) is 19.9 Å². The van der Waals surface area contributed by atoms with Crippen LogP contribution in [0.2, 0.25) is 0 Å². The largest absolute Gasteiger partial charge is 0.459 e. The number of fused-ring (bicyclic) bond motifs is 1. The zero-order valence-corrected chi connectivity index (χ0v) is 12.0. The van der Waals surface area contributed by atoms with Crippen LogP contribution in [0.25, 0.3) is 0 Å². The monoisotopic (exact) mass is 252 g/mol. The standard InChI is InChI=1S/C15H24O3/c1-10(17-11(2)16)6-7-12-14(3,4)9-8-13-15(12,5)18-13/h6-7,10,12-13H,8-9H2,1-5H3/t10-,12-,13+,15-/m1/s1. The molecule has 0 aromatic rings.